The molecule has 0 radical (unpaired) electrons. The van der Waals surface area contributed by atoms with Crippen molar-refractivity contribution >= 4 is 11.6 Å². The second kappa shape index (κ2) is 5.48. The number of rotatable bonds is 3. The molecular formula is C14H15N3O2. The van der Waals surface area contributed by atoms with Gasteiger partial charge < -0.3 is 10.3 Å². The van der Waals surface area contributed by atoms with Crippen molar-refractivity contribution < 1.29 is 4.79 Å². The van der Waals surface area contributed by atoms with Crippen molar-refractivity contribution in [3.63, 3.8) is 0 Å². The summed E-state index contributed by atoms with van der Waals surface area (Å²) in [6.07, 6.45) is 0.895. The molecule has 2 N–H and O–H groups in total. The zero-order valence-corrected chi connectivity index (χ0v) is 10.9. The highest BCUT2D eigenvalue weighted by atomic mass is 16.2. The molecule has 0 fully saturated rings. The Bertz CT molecular complexity index is 662. The lowest BCUT2D eigenvalue weighted by Gasteiger charge is -2.06. The number of hydrogen-bond acceptors (Lipinski definition) is 3. The summed E-state index contributed by atoms with van der Waals surface area (Å²) >= 11 is 0. The average Bonchev–Trinajstić information content (AvgIpc) is 2.37. The number of nitrogens with one attached hydrogen (secondary N) is 2. The number of benzene rings is 1. The fourth-order valence-electron chi connectivity index (χ4n) is 1.76. The van der Waals surface area contributed by atoms with Gasteiger partial charge in [0.25, 0.3) is 5.91 Å². The molecule has 0 saturated heterocycles. The minimum atomic E-state index is -0.521. The van der Waals surface area contributed by atoms with Gasteiger partial charge in [-0.15, -0.1) is 0 Å². The lowest BCUT2D eigenvalue weighted by Crippen LogP contribution is -2.21. The van der Waals surface area contributed by atoms with Gasteiger partial charge in [-0.3, -0.25) is 4.79 Å². The zero-order valence-electron chi connectivity index (χ0n) is 10.9. The Morgan fingerprint density at radius 3 is 2.84 bits per heavy atom. The van der Waals surface area contributed by atoms with E-state index in [2.05, 4.69) is 15.3 Å². The molecule has 0 saturated carbocycles. The first-order valence-corrected chi connectivity index (χ1v) is 6.06. The molecule has 0 aliphatic carbocycles. The van der Waals surface area contributed by atoms with E-state index >= 15 is 0 Å². The second-order valence-corrected chi connectivity index (χ2v) is 4.26. The van der Waals surface area contributed by atoms with Crippen molar-refractivity contribution in [1.29, 1.82) is 0 Å². The van der Waals surface area contributed by atoms with Crippen molar-refractivity contribution in [2.24, 2.45) is 0 Å². The summed E-state index contributed by atoms with van der Waals surface area (Å²) in [4.78, 5) is 29.4. The number of amides is 1. The third-order valence-corrected chi connectivity index (χ3v) is 2.71. The number of nitrogens with zero attached hydrogens (tertiary/aromatic N) is 1. The highest BCUT2D eigenvalue weighted by Crippen LogP contribution is 2.12. The van der Waals surface area contributed by atoms with Crippen molar-refractivity contribution in [1.82, 2.24) is 9.97 Å². The molecule has 0 unspecified atom stereocenters. The van der Waals surface area contributed by atoms with Crippen LogP contribution in [0, 0.1) is 6.92 Å². The largest absolute Gasteiger partial charge is 0.345 e. The second-order valence-electron chi connectivity index (χ2n) is 4.26. The molecule has 0 bridgehead atoms. The van der Waals surface area contributed by atoms with Gasteiger partial charge in [-0.05, 0) is 37.1 Å². The van der Waals surface area contributed by atoms with Crippen molar-refractivity contribution in [3.05, 3.63) is 57.8 Å². The minimum Gasteiger partial charge on any atom is -0.321 e. The molecule has 0 spiro atoms. The van der Waals surface area contributed by atoms with Crippen molar-refractivity contribution in [2.75, 3.05) is 5.32 Å². The van der Waals surface area contributed by atoms with E-state index < -0.39 is 5.69 Å². The van der Waals surface area contributed by atoms with E-state index in [0.29, 0.717) is 11.4 Å². The van der Waals surface area contributed by atoms with E-state index in [-0.39, 0.29) is 11.6 Å². The molecule has 19 heavy (non-hydrogen) atoms. The zero-order chi connectivity index (χ0) is 13.8. The van der Waals surface area contributed by atoms with Gasteiger partial charge in [0, 0.05) is 11.4 Å². The fourth-order valence-corrected chi connectivity index (χ4v) is 1.76. The Morgan fingerprint density at radius 2 is 2.16 bits per heavy atom. The van der Waals surface area contributed by atoms with E-state index in [9.17, 15) is 9.59 Å². The van der Waals surface area contributed by atoms with Gasteiger partial charge in [0.15, 0.2) is 0 Å². The molecule has 0 atom stereocenters. The van der Waals surface area contributed by atoms with E-state index in [1.165, 1.54) is 0 Å². The summed E-state index contributed by atoms with van der Waals surface area (Å²) in [5, 5.41) is 2.73. The van der Waals surface area contributed by atoms with Crippen LogP contribution in [0.1, 0.15) is 28.7 Å². The van der Waals surface area contributed by atoms with Gasteiger partial charge in [-0.2, -0.15) is 4.98 Å². The lowest BCUT2D eigenvalue weighted by atomic mass is 10.1. The number of H-pyrrole nitrogens is 1. The van der Waals surface area contributed by atoms with Gasteiger partial charge in [-0.1, -0.05) is 19.1 Å². The molecule has 5 heteroatoms. The Morgan fingerprint density at radius 1 is 1.37 bits per heavy atom. The summed E-state index contributed by atoms with van der Waals surface area (Å²) in [5.41, 5.74) is 2.03. The number of aryl methyl sites for hydroxylation is 2. The number of aromatic amines is 1. The SMILES string of the molecule is CCc1cccc(NC(=O)c2cc(C)[nH]c(=O)n2)c1. The third-order valence-electron chi connectivity index (χ3n) is 2.71. The van der Waals surface area contributed by atoms with E-state index in [1.807, 2.05) is 25.1 Å². The van der Waals surface area contributed by atoms with Gasteiger partial charge in [0.05, 0.1) is 0 Å². The van der Waals surface area contributed by atoms with E-state index in [4.69, 9.17) is 0 Å². The van der Waals surface area contributed by atoms with Crippen LogP contribution in [0.15, 0.2) is 35.1 Å². The van der Waals surface area contributed by atoms with Crippen molar-refractivity contribution in [2.45, 2.75) is 20.3 Å². The molecule has 0 aliphatic rings. The van der Waals surface area contributed by atoms with Gasteiger partial charge >= 0.3 is 5.69 Å². The Labute approximate surface area is 110 Å². The maximum absolute atomic E-state index is 12.0. The molecule has 1 aromatic heterocycles. The molecular weight excluding hydrogens is 242 g/mol. The van der Waals surface area contributed by atoms with Gasteiger partial charge in [0.1, 0.15) is 5.69 Å². The standard InChI is InChI=1S/C14H15N3O2/c1-3-10-5-4-6-11(8-10)16-13(18)12-7-9(2)15-14(19)17-12/h4-8H,3H2,1-2H3,(H,16,18)(H,15,17,19). The quantitative estimate of drug-likeness (QED) is 0.881. The van der Waals surface area contributed by atoms with Crippen LogP contribution in [0.5, 0.6) is 0 Å². The van der Waals surface area contributed by atoms with E-state index in [1.54, 1.807) is 19.1 Å². The van der Waals surface area contributed by atoms with Crippen LogP contribution in [0.4, 0.5) is 5.69 Å². The first kappa shape index (κ1) is 13.0. The van der Waals surface area contributed by atoms with E-state index in [0.717, 1.165) is 12.0 Å². The summed E-state index contributed by atoms with van der Waals surface area (Å²) < 4.78 is 0. The van der Waals surface area contributed by atoms with Crippen LogP contribution in [-0.2, 0) is 6.42 Å². The van der Waals surface area contributed by atoms with Crippen LogP contribution in [0.25, 0.3) is 0 Å². The molecule has 1 heterocycles. The first-order chi connectivity index (χ1) is 9.08. The predicted octanol–water partition coefficient (Wildman–Crippen LogP) is 1.89. The first-order valence-electron chi connectivity index (χ1n) is 6.06. The maximum atomic E-state index is 12.0. The summed E-state index contributed by atoms with van der Waals surface area (Å²) in [6.45, 7) is 3.75. The Balaban J connectivity index is 2.22. The summed E-state index contributed by atoms with van der Waals surface area (Å²) in [6, 6.07) is 9.12. The molecule has 5 nitrogen and oxygen atoms in total. The smallest absolute Gasteiger partial charge is 0.321 e. The number of anilines is 1. The number of aromatic nitrogens is 2. The summed E-state index contributed by atoms with van der Waals surface area (Å²) in [7, 11) is 0. The van der Waals surface area contributed by atoms with Gasteiger partial charge in [-0.25, -0.2) is 4.79 Å². The topological polar surface area (TPSA) is 74.8 Å². The average molecular weight is 257 g/mol. The molecule has 1 amide bonds. The fraction of sp³-hybridized carbons (Fsp3) is 0.214. The molecule has 0 aliphatic heterocycles. The number of carbonyl (C=O) groups is 1. The normalized spacial score (nSPS) is 10.2. The molecule has 1 aromatic carbocycles. The molecule has 2 rings (SSSR count). The Kier molecular flexibility index (Phi) is 3.75. The summed E-state index contributed by atoms with van der Waals surface area (Å²) in [5.74, 6) is -0.387. The maximum Gasteiger partial charge on any atom is 0.345 e. The number of hydrogen-bond donors (Lipinski definition) is 2. The van der Waals surface area contributed by atoms with Gasteiger partial charge in [0.2, 0.25) is 0 Å². The van der Waals surface area contributed by atoms with Crippen LogP contribution in [-0.4, -0.2) is 15.9 Å². The monoisotopic (exact) mass is 257 g/mol. The van der Waals surface area contributed by atoms with Crippen LogP contribution in [0.3, 0.4) is 0 Å². The van der Waals surface area contributed by atoms with Crippen LogP contribution in [0.2, 0.25) is 0 Å². The van der Waals surface area contributed by atoms with Crippen molar-refractivity contribution in [3.8, 4) is 0 Å². The van der Waals surface area contributed by atoms with Crippen LogP contribution < -0.4 is 11.0 Å². The third kappa shape index (κ3) is 3.28. The van der Waals surface area contributed by atoms with Crippen LogP contribution >= 0.6 is 0 Å². The minimum absolute atomic E-state index is 0.114. The predicted molar refractivity (Wildman–Crippen MR) is 73.4 cm³/mol. The highest BCUT2D eigenvalue weighted by Gasteiger charge is 2.09. The highest BCUT2D eigenvalue weighted by molar-refractivity contribution is 6.02. The lowest BCUT2D eigenvalue weighted by molar-refractivity contribution is 0.102. The molecule has 2 aromatic rings. The Hall–Kier alpha value is -2.43. The molecule has 98 valence electrons. The number of carbonyl (C=O) groups excluding carboxylic acids is 1.